The predicted octanol–water partition coefficient (Wildman–Crippen LogP) is 0.824. The third-order valence-corrected chi connectivity index (χ3v) is 3.57. The smallest absolute Gasteiger partial charge is 0.101 e. The summed E-state index contributed by atoms with van der Waals surface area (Å²) in [6, 6.07) is 4.09. The van der Waals surface area contributed by atoms with E-state index in [9.17, 15) is 0 Å². The number of hydrazine groups is 1. The van der Waals surface area contributed by atoms with Gasteiger partial charge in [-0.2, -0.15) is 15.4 Å². The molecule has 0 aliphatic heterocycles. The number of pyridine rings is 1. The molecule has 2 aromatic rings. The number of hydrogen-bond donors (Lipinski definition) is 3. The monoisotopic (exact) mass is 244 g/mol. The third-order valence-electron chi connectivity index (χ3n) is 3.57. The highest BCUT2D eigenvalue weighted by molar-refractivity contribution is 5.28. The van der Waals surface area contributed by atoms with Gasteiger partial charge >= 0.3 is 0 Å². The number of aromatic nitrogens is 4. The van der Waals surface area contributed by atoms with Gasteiger partial charge in [0.05, 0.1) is 12.2 Å². The summed E-state index contributed by atoms with van der Waals surface area (Å²) in [6.07, 6.45) is 6.86. The Balaban J connectivity index is 1.97. The fraction of sp³-hybridized carbons (Fsp3) is 0.417. The van der Waals surface area contributed by atoms with Crippen molar-refractivity contribution < 1.29 is 0 Å². The molecular weight excluding hydrogens is 228 g/mol. The molecule has 1 aliphatic carbocycles. The van der Waals surface area contributed by atoms with Gasteiger partial charge in [0.1, 0.15) is 5.69 Å². The van der Waals surface area contributed by atoms with Crippen molar-refractivity contribution >= 4 is 0 Å². The lowest BCUT2D eigenvalue weighted by Gasteiger charge is -2.29. The molecular formula is C12H16N6. The standard InChI is InChI=1S/C12H16N6/c13-16-12(10-7-15-18-17-10)9-5-1-3-8-4-2-6-14-11(8)9/h2,4,6-7,9,12,16H,1,3,5,13H2,(H,15,17,18). The van der Waals surface area contributed by atoms with Crippen LogP contribution in [0.3, 0.4) is 0 Å². The number of aromatic amines is 1. The van der Waals surface area contributed by atoms with Crippen molar-refractivity contribution in [2.75, 3.05) is 0 Å². The number of hydrogen-bond acceptors (Lipinski definition) is 5. The molecule has 0 radical (unpaired) electrons. The Kier molecular flexibility index (Phi) is 3.04. The van der Waals surface area contributed by atoms with Crippen molar-refractivity contribution in [1.29, 1.82) is 0 Å². The van der Waals surface area contributed by atoms with Gasteiger partial charge in [-0.15, -0.1) is 0 Å². The lowest BCUT2D eigenvalue weighted by Crippen LogP contribution is -2.34. The van der Waals surface area contributed by atoms with Crippen LogP contribution in [0.15, 0.2) is 24.5 Å². The molecule has 6 heteroatoms. The molecule has 0 spiro atoms. The van der Waals surface area contributed by atoms with Crippen LogP contribution in [0, 0.1) is 0 Å². The Morgan fingerprint density at radius 3 is 3.22 bits per heavy atom. The van der Waals surface area contributed by atoms with E-state index in [-0.39, 0.29) is 12.0 Å². The molecule has 0 fully saturated rings. The van der Waals surface area contributed by atoms with Crippen LogP contribution in [0.1, 0.15) is 41.8 Å². The van der Waals surface area contributed by atoms with Crippen molar-refractivity contribution in [3.8, 4) is 0 Å². The zero-order valence-electron chi connectivity index (χ0n) is 10.0. The molecule has 0 aromatic carbocycles. The summed E-state index contributed by atoms with van der Waals surface area (Å²) >= 11 is 0. The lowest BCUT2D eigenvalue weighted by molar-refractivity contribution is 0.393. The first-order valence-corrected chi connectivity index (χ1v) is 6.15. The first kappa shape index (κ1) is 11.3. The number of nitrogens with one attached hydrogen (secondary N) is 2. The highest BCUT2D eigenvalue weighted by Crippen LogP contribution is 2.37. The Labute approximate surface area is 105 Å². The summed E-state index contributed by atoms with van der Waals surface area (Å²) in [5.74, 6) is 5.95. The largest absolute Gasteiger partial charge is 0.271 e. The van der Waals surface area contributed by atoms with E-state index in [4.69, 9.17) is 5.84 Å². The molecule has 2 unspecified atom stereocenters. The van der Waals surface area contributed by atoms with Crippen LogP contribution in [-0.4, -0.2) is 20.4 Å². The minimum atomic E-state index is -0.0438. The van der Waals surface area contributed by atoms with E-state index in [1.165, 1.54) is 5.56 Å². The van der Waals surface area contributed by atoms with E-state index in [0.717, 1.165) is 30.7 Å². The van der Waals surface area contributed by atoms with Crippen LogP contribution in [-0.2, 0) is 6.42 Å². The summed E-state index contributed by atoms with van der Waals surface area (Å²) in [7, 11) is 0. The van der Waals surface area contributed by atoms with E-state index < -0.39 is 0 Å². The molecule has 1 aliphatic rings. The number of fused-ring (bicyclic) bond motifs is 1. The predicted molar refractivity (Wildman–Crippen MR) is 66.4 cm³/mol. The quantitative estimate of drug-likeness (QED) is 0.549. The average Bonchev–Trinajstić information content (AvgIpc) is 2.94. The van der Waals surface area contributed by atoms with Gasteiger partial charge < -0.3 is 0 Å². The van der Waals surface area contributed by atoms with Gasteiger partial charge in [-0.25, -0.2) is 0 Å². The SMILES string of the molecule is NNC(c1cn[nH]n1)C1CCCc2cccnc21. The molecule has 6 nitrogen and oxygen atoms in total. The second-order valence-electron chi connectivity index (χ2n) is 4.59. The van der Waals surface area contributed by atoms with Gasteiger partial charge in [0.15, 0.2) is 0 Å². The minimum absolute atomic E-state index is 0.0438. The molecule has 4 N–H and O–H groups in total. The fourth-order valence-corrected chi connectivity index (χ4v) is 2.74. The maximum absolute atomic E-state index is 5.69. The van der Waals surface area contributed by atoms with Crippen molar-refractivity contribution in [2.24, 2.45) is 5.84 Å². The van der Waals surface area contributed by atoms with E-state index in [1.54, 1.807) is 6.20 Å². The van der Waals surface area contributed by atoms with E-state index in [1.807, 2.05) is 12.3 Å². The molecule has 0 saturated heterocycles. The van der Waals surface area contributed by atoms with Crippen LogP contribution in [0.25, 0.3) is 0 Å². The lowest BCUT2D eigenvalue weighted by atomic mass is 9.81. The zero-order valence-corrected chi connectivity index (χ0v) is 10.0. The molecule has 0 saturated carbocycles. The van der Waals surface area contributed by atoms with Gasteiger partial charge in [0, 0.05) is 17.8 Å². The maximum atomic E-state index is 5.69. The summed E-state index contributed by atoms with van der Waals surface area (Å²) in [4.78, 5) is 4.53. The molecule has 2 atom stereocenters. The van der Waals surface area contributed by atoms with Crippen LogP contribution in [0.4, 0.5) is 0 Å². The van der Waals surface area contributed by atoms with Crippen LogP contribution >= 0.6 is 0 Å². The Morgan fingerprint density at radius 2 is 2.44 bits per heavy atom. The molecule has 94 valence electrons. The topological polar surface area (TPSA) is 92.5 Å². The van der Waals surface area contributed by atoms with Gasteiger partial charge in [-0.3, -0.25) is 16.3 Å². The Bertz CT molecular complexity index is 509. The highest BCUT2D eigenvalue weighted by Gasteiger charge is 2.30. The fourth-order valence-electron chi connectivity index (χ4n) is 2.74. The Hall–Kier alpha value is -1.79. The molecule has 2 heterocycles. The number of nitrogens with two attached hydrogens (primary N) is 1. The van der Waals surface area contributed by atoms with Gasteiger partial charge in [-0.1, -0.05) is 6.07 Å². The number of aryl methyl sites for hydroxylation is 1. The number of H-pyrrole nitrogens is 1. The van der Waals surface area contributed by atoms with E-state index >= 15 is 0 Å². The normalized spacial score (nSPS) is 20.4. The van der Waals surface area contributed by atoms with Crippen molar-refractivity contribution in [3.05, 3.63) is 41.5 Å². The Morgan fingerprint density at radius 1 is 1.50 bits per heavy atom. The van der Waals surface area contributed by atoms with E-state index in [0.29, 0.717) is 0 Å². The second kappa shape index (κ2) is 4.83. The van der Waals surface area contributed by atoms with Crippen molar-refractivity contribution in [3.63, 3.8) is 0 Å². The maximum Gasteiger partial charge on any atom is 0.101 e. The average molecular weight is 244 g/mol. The first-order chi connectivity index (χ1) is 8.90. The van der Waals surface area contributed by atoms with Crippen molar-refractivity contribution in [2.45, 2.75) is 31.2 Å². The molecule has 18 heavy (non-hydrogen) atoms. The van der Waals surface area contributed by atoms with Gasteiger partial charge in [0.2, 0.25) is 0 Å². The van der Waals surface area contributed by atoms with Crippen LogP contribution in [0.2, 0.25) is 0 Å². The molecule has 0 amide bonds. The summed E-state index contributed by atoms with van der Waals surface area (Å²) in [5, 5.41) is 10.6. The summed E-state index contributed by atoms with van der Waals surface area (Å²) < 4.78 is 0. The second-order valence-corrected chi connectivity index (χ2v) is 4.59. The summed E-state index contributed by atoms with van der Waals surface area (Å²) in [6.45, 7) is 0. The first-order valence-electron chi connectivity index (χ1n) is 6.15. The van der Waals surface area contributed by atoms with E-state index in [2.05, 4.69) is 31.9 Å². The number of nitrogens with zero attached hydrogens (tertiary/aromatic N) is 3. The van der Waals surface area contributed by atoms with Gasteiger partial charge in [0.25, 0.3) is 0 Å². The van der Waals surface area contributed by atoms with Gasteiger partial charge in [-0.05, 0) is 30.9 Å². The van der Waals surface area contributed by atoms with Crippen molar-refractivity contribution in [1.82, 2.24) is 25.8 Å². The molecule has 3 rings (SSSR count). The third kappa shape index (κ3) is 1.89. The van der Waals surface area contributed by atoms with Crippen LogP contribution < -0.4 is 11.3 Å². The highest BCUT2D eigenvalue weighted by atomic mass is 15.3. The zero-order chi connectivity index (χ0) is 12.4. The minimum Gasteiger partial charge on any atom is -0.271 e. The number of rotatable bonds is 3. The molecule has 2 aromatic heterocycles. The van der Waals surface area contributed by atoms with Crippen LogP contribution in [0.5, 0.6) is 0 Å². The summed E-state index contributed by atoms with van der Waals surface area (Å²) in [5.41, 5.74) is 6.14. The molecule has 0 bridgehead atoms.